The van der Waals surface area contributed by atoms with E-state index in [1.165, 1.54) is 6.07 Å². The molecule has 2 aromatic rings. The molecule has 0 aliphatic rings. The number of rotatable bonds is 3. The van der Waals surface area contributed by atoms with Crippen molar-refractivity contribution in [3.8, 4) is 0 Å². The van der Waals surface area contributed by atoms with Crippen LogP contribution in [0.4, 0.5) is 4.39 Å². The normalized spacial score (nSPS) is 10.5. The van der Waals surface area contributed by atoms with E-state index in [1.54, 1.807) is 18.2 Å². The molecule has 0 aliphatic heterocycles. The van der Waals surface area contributed by atoms with Crippen LogP contribution < -0.4 is 0 Å². The molecule has 0 fully saturated rings. The number of carbonyl (C=O) groups is 1. The molecule has 0 radical (unpaired) electrons. The Morgan fingerprint density at radius 1 is 1.21 bits per heavy atom. The summed E-state index contributed by atoms with van der Waals surface area (Å²) in [6.07, 6.45) is 0.171. The molecule has 2 rings (SSSR count). The highest BCUT2D eigenvalue weighted by molar-refractivity contribution is 14.1. The molecule has 0 aliphatic carbocycles. The molecule has 5 heteroatoms. The molecule has 0 unspecified atom stereocenters. The Labute approximate surface area is 141 Å². The summed E-state index contributed by atoms with van der Waals surface area (Å²) in [5, 5.41) is 0. The van der Waals surface area contributed by atoms with Crippen molar-refractivity contribution in [2.45, 2.75) is 6.42 Å². The van der Waals surface area contributed by atoms with E-state index in [1.807, 2.05) is 12.1 Å². The summed E-state index contributed by atoms with van der Waals surface area (Å²) in [6.45, 7) is 0. The first-order valence-electron chi connectivity index (χ1n) is 5.40. The highest BCUT2D eigenvalue weighted by atomic mass is 127. The Balaban J connectivity index is 2.31. The second kappa shape index (κ2) is 6.45. The van der Waals surface area contributed by atoms with Gasteiger partial charge in [-0.25, -0.2) is 4.39 Å². The van der Waals surface area contributed by atoms with Crippen molar-refractivity contribution in [2.75, 3.05) is 0 Å². The Kier molecular flexibility index (Phi) is 5.14. The first-order chi connectivity index (χ1) is 8.99. The van der Waals surface area contributed by atoms with Gasteiger partial charge in [0.05, 0.1) is 4.47 Å². The monoisotopic (exact) mass is 496 g/mol. The molecule has 0 saturated heterocycles. The van der Waals surface area contributed by atoms with Gasteiger partial charge in [-0.05, 0) is 68.3 Å². The van der Waals surface area contributed by atoms with Crippen molar-refractivity contribution in [3.05, 3.63) is 65.9 Å². The largest absolute Gasteiger partial charge is 0.294 e. The maximum Gasteiger partial charge on any atom is 0.168 e. The molecule has 1 nitrogen and oxygen atoms in total. The Hall–Kier alpha value is -0.270. The molecule has 0 aromatic heterocycles. The predicted molar refractivity (Wildman–Crippen MR) is 89.0 cm³/mol. The van der Waals surface area contributed by atoms with Gasteiger partial charge in [0.15, 0.2) is 5.78 Å². The topological polar surface area (TPSA) is 17.1 Å². The molecule has 0 atom stereocenters. The van der Waals surface area contributed by atoms with Gasteiger partial charge in [0.1, 0.15) is 5.82 Å². The van der Waals surface area contributed by atoms with Crippen LogP contribution in [-0.2, 0) is 6.42 Å². The first kappa shape index (κ1) is 15.1. The lowest BCUT2D eigenvalue weighted by molar-refractivity contribution is 0.0992. The van der Waals surface area contributed by atoms with Crippen molar-refractivity contribution in [1.29, 1.82) is 0 Å². The Morgan fingerprint density at radius 3 is 2.68 bits per heavy atom. The number of halogens is 4. The SMILES string of the molecule is O=C(Cc1cccc(F)c1Br)c1cc(Br)ccc1I. The van der Waals surface area contributed by atoms with Gasteiger partial charge >= 0.3 is 0 Å². The van der Waals surface area contributed by atoms with Gasteiger partial charge in [-0.15, -0.1) is 0 Å². The summed E-state index contributed by atoms with van der Waals surface area (Å²) in [5.74, 6) is -0.383. The molecule has 0 spiro atoms. The van der Waals surface area contributed by atoms with Crippen LogP contribution in [0.5, 0.6) is 0 Å². The molecule has 0 amide bonds. The average Bonchev–Trinajstić information content (AvgIpc) is 2.38. The van der Waals surface area contributed by atoms with Crippen molar-refractivity contribution >= 4 is 60.2 Å². The number of carbonyl (C=O) groups excluding carboxylic acids is 1. The number of hydrogen-bond donors (Lipinski definition) is 0. The number of hydrogen-bond acceptors (Lipinski definition) is 1. The molecule has 19 heavy (non-hydrogen) atoms. The zero-order chi connectivity index (χ0) is 14.0. The molecule has 2 aromatic carbocycles. The molecule has 0 heterocycles. The van der Waals surface area contributed by atoms with Gasteiger partial charge in [0.25, 0.3) is 0 Å². The number of Topliss-reactive ketones (excluding diaryl/α,β-unsaturated/α-hetero) is 1. The first-order valence-corrected chi connectivity index (χ1v) is 8.06. The molecule has 0 N–H and O–H groups in total. The van der Waals surface area contributed by atoms with Gasteiger partial charge in [0.2, 0.25) is 0 Å². The maximum atomic E-state index is 13.4. The van der Waals surface area contributed by atoms with E-state index in [0.717, 1.165) is 8.04 Å². The highest BCUT2D eigenvalue weighted by Crippen LogP contribution is 2.24. The van der Waals surface area contributed by atoms with Crippen LogP contribution in [0.3, 0.4) is 0 Å². The fourth-order valence-electron chi connectivity index (χ4n) is 1.66. The zero-order valence-corrected chi connectivity index (χ0v) is 14.9. The van der Waals surface area contributed by atoms with E-state index in [-0.39, 0.29) is 18.0 Å². The minimum absolute atomic E-state index is 0.0306. The Morgan fingerprint density at radius 2 is 1.95 bits per heavy atom. The lowest BCUT2D eigenvalue weighted by Crippen LogP contribution is -2.06. The van der Waals surface area contributed by atoms with Gasteiger partial charge in [-0.3, -0.25) is 4.79 Å². The summed E-state index contributed by atoms with van der Waals surface area (Å²) in [7, 11) is 0. The maximum absolute atomic E-state index is 13.4. The molecular formula is C14H8Br2FIO. The quantitative estimate of drug-likeness (QED) is 0.411. The van der Waals surface area contributed by atoms with E-state index >= 15 is 0 Å². The molecular weight excluding hydrogens is 490 g/mol. The number of benzene rings is 2. The molecule has 0 saturated carbocycles. The van der Waals surface area contributed by atoms with E-state index in [2.05, 4.69) is 54.5 Å². The minimum Gasteiger partial charge on any atom is -0.294 e. The second-order valence-electron chi connectivity index (χ2n) is 3.94. The van der Waals surface area contributed by atoms with Crippen LogP contribution in [0.15, 0.2) is 45.3 Å². The fraction of sp³-hybridized carbons (Fsp3) is 0.0714. The van der Waals surface area contributed by atoms with Crippen LogP contribution in [0.1, 0.15) is 15.9 Å². The predicted octanol–water partition coefficient (Wildman–Crippen LogP) is 5.38. The standard InChI is InChI=1S/C14H8Br2FIO/c15-9-4-5-12(18)10(7-9)13(19)6-8-2-1-3-11(17)14(8)16/h1-5,7H,6H2. The van der Waals surface area contributed by atoms with Crippen molar-refractivity contribution in [3.63, 3.8) is 0 Å². The molecule has 0 bridgehead atoms. The van der Waals surface area contributed by atoms with E-state index < -0.39 is 0 Å². The number of ketones is 1. The fourth-order valence-corrected chi connectivity index (χ4v) is 3.07. The van der Waals surface area contributed by atoms with E-state index in [0.29, 0.717) is 15.6 Å². The van der Waals surface area contributed by atoms with Crippen molar-refractivity contribution in [1.82, 2.24) is 0 Å². The van der Waals surface area contributed by atoms with Crippen LogP contribution in [0.2, 0.25) is 0 Å². The van der Waals surface area contributed by atoms with Crippen LogP contribution in [-0.4, -0.2) is 5.78 Å². The Bertz CT molecular complexity index is 643. The lowest BCUT2D eigenvalue weighted by atomic mass is 10.0. The van der Waals surface area contributed by atoms with E-state index in [4.69, 9.17) is 0 Å². The summed E-state index contributed by atoms with van der Waals surface area (Å²) in [6, 6.07) is 10.3. The zero-order valence-electron chi connectivity index (χ0n) is 9.59. The van der Waals surface area contributed by atoms with Gasteiger partial charge in [-0.2, -0.15) is 0 Å². The van der Waals surface area contributed by atoms with E-state index in [9.17, 15) is 9.18 Å². The average molecular weight is 498 g/mol. The third kappa shape index (κ3) is 3.64. The van der Waals surface area contributed by atoms with Crippen molar-refractivity contribution < 1.29 is 9.18 Å². The summed E-state index contributed by atoms with van der Waals surface area (Å²) < 4.78 is 15.5. The van der Waals surface area contributed by atoms with Gasteiger partial charge in [-0.1, -0.05) is 28.1 Å². The van der Waals surface area contributed by atoms with Crippen LogP contribution in [0.25, 0.3) is 0 Å². The van der Waals surface area contributed by atoms with Gasteiger partial charge in [0, 0.05) is 20.0 Å². The van der Waals surface area contributed by atoms with Crippen molar-refractivity contribution in [2.24, 2.45) is 0 Å². The van der Waals surface area contributed by atoms with Crippen LogP contribution in [0, 0.1) is 9.39 Å². The third-order valence-corrected chi connectivity index (χ3v) is 4.93. The molecule has 98 valence electrons. The minimum atomic E-state index is -0.353. The smallest absolute Gasteiger partial charge is 0.168 e. The second-order valence-corrected chi connectivity index (χ2v) is 6.81. The van der Waals surface area contributed by atoms with Crippen LogP contribution >= 0.6 is 54.5 Å². The highest BCUT2D eigenvalue weighted by Gasteiger charge is 2.14. The summed E-state index contributed by atoms with van der Waals surface area (Å²) in [4.78, 5) is 12.3. The lowest BCUT2D eigenvalue weighted by Gasteiger charge is -2.07. The third-order valence-electron chi connectivity index (χ3n) is 2.61. The van der Waals surface area contributed by atoms with Gasteiger partial charge < -0.3 is 0 Å². The summed E-state index contributed by atoms with van der Waals surface area (Å²) >= 11 is 8.65. The summed E-state index contributed by atoms with van der Waals surface area (Å²) in [5.41, 5.74) is 1.30.